The van der Waals surface area contributed by atoms with Crippen LogP contribution >= 0.6 is 11.6 Å². The molecule has 33 heavy (non-hydrogen) atoms. The zero-order valence-corrected chi connectivity index (χ0v) is 19.3. The maximum absolute atomic E-state index is 14.5. The molecular weight excluding hydrogens is 445 g/mol. The third-order valence-corrected chi connectivity index (χ3v) is 6.84. The molecule has 2 aromatic carbocycles. The first kappa shape index (κ1) is 22.3. The average molecular weight is 473 g/mol. The summed E-state index contributed by atoms with van der Waals surface area (Å²) in [6.07, 6.45) is 2.43. The summed E-state index contributed by atoms with van der Waals surface area (Å²) in [7, 11) is 0. The number of anilines is 1. The van der Waals surface area contributed by atoms with Crippen LogP contribution in [0.3, 0.4) is 0 Å². The molecule has 2 unspecified atom stereocenters. The smallest absolute Gasteiger partial charge is 0.197 e. The van der Waals surface area contributed by atoms with E-state index < -0.39 is 5.82 Å². The van der Waals surface area contributed by atoms with E-state index in [4.69, 9.17) is 21.1 Å². The highest BCUT2D eigenvalue weighted by Gasteiger charge is 2.26. The second kappa shape index (κ2) is 9.77. The minimum atomic E-state index is -0.425. The maximum atomic E-state index is 14.5. The van der Waals surface area contributed by atoms with Gasteiger partial charge in [0.2, 0.25) is 0 Å². The van der Waals surface area contributed by atoms with Crippen molar-refractivity contribution in [2.24, 2.45) is 10.9 Å². The first-order valence-corrected chi connectivity index (χ1v) is 12.0. The van der Waals surface area contributed by atoms with E-state index in [0.717, 1.165) is 43.7 Å². The number of nitrogens with zero attached hydrogens (tertiary/aromatic N) is 3. The predicted molar refractivity (Wildman–Crippen MR) is 125 cm³/mol. The SMILES string of the molecule is [O-]C(=NC(Cc1cc(F)c2c(c1)OCCO2)CN1CCC1)C1CCN(c2ccc(Cl)cc2)C1. The van der Waals surface area contributed by atoms with Crippen LogP contribution in [0.1, 0.15) is 18.4 Å². The molecule has 0 aromatic heterocycles. The van der Waals surface area contributed by atoms with Gasteiger partial charge in [0, 0.05) is 36.3 Å². The summed E-state index contributed by atoms with van der Waals surface area (Å²) in [5, 5.41) is 13.8. The Morgan fingerprint density at radius 2 is 1.94 bits per heavy atom. The van der Waals surface area contributed by atoms with Crippen molar-refractivity contribution in [3.63, 3.8) is 0 Å². The van der Waals surface area contributed by atoms with Gasteiger partial charge in [-0.25, -0.2) is 4.39 Å². The fraction of sp³-hybridized carbons (Fsp3) is 0.480. The highest BCUT2D eigenvalue weighted by atomic mass is 35.5. The highest BCUT2D eigenvalue weighted by Crippen LogP contribution is 2.34. The Bertz CT molecular complexity index is 1010. The van der Waals surface area contributed by atoms with Gasteiger partial charge in [-0.3, -0.25) is 0 Å². The zero-order valence-electron chi connectivity index (χ0n) is 18.5. The molecule has 176 valence electrons. The third-order valence-electron chi connectivity index (χ3n) is 6.58. The first-order chi connectivity index (χ1) is 16.0. The average Bonchev–Trinajstić information content (AvgIpc) is 3.27. The summed E-state index contributed by atoms with van der Waals surface area (Å²) in [5.74, 6) is -0.0116. The summed E-state index contributed by atoms with van der Waals surface area (Å²) < 4.78 is 25.5. The van der Waals surface area contributed by atoms with Crippen LogP contribution in [0.25, 0.3) is 0 Å². The van der Waals surface area contributed by atoms with Crippen molar-refractivity contribution >= 4 is 23.2 Å². The fourth-order valence-electron chi connectivity index (χ4n) is 4.70. The van der Waals surface area contributed by atoms with E-state index in [1.165, 1.54) is 6.07 Å². The van der Waals surface area contributed by atoms with Gasteiger partial charge in [-0.15, -0.1) is 0 Å². The van der Waals surface area contributed by atoms with Gasteiger partial charge < -0.3 is 29.4 Å². The number of hydrogen-bond acceptors (Lipinski definition) is 6. The number of halogens is 2. The third kappa shape index (κ3) is 5.20. The van der Waals surface area contributed by atoms with E-state index in [1.807, 2.05) is 30.3 Å². The van der Waals surface area contributed by atoms with Crippen molar-refractivity contribution in [2.45, 2.75) is 25.3 Å². The predicted octanol–water partition coefficient (Wildman–Crippen LogP) is 3.15. The van der Waals surface area contributed by atoms with E-state index in [2.05, 4.69) is 14.8 Å². The second-order valence-corrected chi connectivity index (χ2v) is 9.43. The zero-order chi connectivity index (χ0) is 22.8. The van der Waals surface area contributed by atoms with Crippen molar-refractivity contribution in [3.8, 4) is 11.5 Å². The molecule has 8 heteroatoms. The first-order valence-electron chi connectivity index (χ1n) is 11.6. The van der Waals surface area contributed by atoms with Gasteiger partial charge in [-0.05, 0) is 80.2 Å². The molecule has 2 atom stereocenters. The molecule has 0 aliphatic carbocycles. The van der Waals surface area contributed by atoms with Gasteiger partial charge in [0.25, 0.3) is 0 Å². The summed E-state index contributed by atoms with van der Waals surface area (Å²) in [6, 6.07) is 10.8. The molecule has 2 aromatic rings. The Morgan fingerprint density at radius 3 is 2.70 bits per heavy atom. The standard InChI is InChI=1S/C25H29ClFN3O3/c26-19-2-4-21(5-3-19)30-9-6-18(15-30)25(31)28-20(16-29-7-1-8-29)12-17-13-22(27)24-23(14-17)32-10-11-33-24/h2-5,13-14,18,20H,1,6-12,15-16H2,(H,28,31)/p-1. The van der Waals surface area contributed by atoms with Crippen LogP contribution in [-0.4, -0.2) is 62.8 Å². The fourth-order valence-corrected chi connectivity index (χ4v) is 4.83. The monoisotopic (exact) mass is 472 g/mol. The highest BCUT2D eigenvalue weighted by molar-refractivity contribution is 6.30. The summed E-state index contributed by atoms with van der Waals surface area (Å²) >= 11 is 6.00. The van der Waals surface area contributed by atoms with Gasteiger partial charge >= 0.3 is 0 Å². The van der Waals surface area contributed by atoms with Gasteiger partial charge in [-0.1, -0.05) is 11.6 Å². The van der Waals surface area contributed by atoms with E-state index in [-0.39, 0.29) is 23.6 Å². The van der Waals surface area contributed by atoms with E-state index in [0.29, 0.717) is 43.5 Å². The molecule has 5 rings (SSSR count). The van der Waals surface area contributed by atoms with Crippen molar-refractivity contribution in [1.29, 1.82) is 0 Å². The second-order valence-electron chi connectivity index (χ2n) is 8.99. The lowest BCUT2D eigenvalue weighted by Crippen LogP contribution is -2.43. The Balaban J connectivity index is 1.30. The lowest BCUT2D eigenvalue weighted by atomic mass is 10.0. The van der Waals surface area contributed by atoms with Crippen LogP contribution in [0.5, 0.6) is 11.5 Å². The van der Waals surface area contributed by atoms with Crippen molar-refractivity contribution in [1.82, 2.24) is 4.90 Å². The molecule has 6 nitrogen and oxygen atoms in total. The van der Waals surface area contributed by atoms with Crippen LogP contribution in [0.4, 0.5) is 10.1 Å². The van der Waals surface area contributed by atoms with Crippen molar-refractivity contribution in [3.05, 3.63) is 52.8 Å². The number of rotatable bonds is 7. The molecule has 0 saturated carbocycles. The van der Waals surface area contributed by atoms with Crippen LogP contribution in [0.2, 0.25) is 5.02 Å². The normalized spacial score (nSPS) is 21.7. The van der Waals surface area contributed by atoms with Crippen molar-refractivity contribution < 1.29 is 19.0 Å². The summed E-state index contributed by atoms with van der Waals surface area (Å²) in [4.78, 5) is 9.14. The number of ether oxygens (including phenoxy) is 2. The molecule has 0 bridgehead atoms. The minimum absolute atomic E-state index is 0.0602. The molecule has 2 fully saturated rings. The van der Waals surface area contributed by atoms with Gasteiger partial charge in [0.15, 0.2) is 17.3 Å². The molecule has 0 N–H and O–H groups in total. The largest absolute Gasteiger partial charge is 0.862 e. The molecule has 2 saturated heterocycles. The molecule has 0 amide bonds. The topological polar surface area (TPSA) is 60.4 Å². The Labute approximate surface area is 198 Å². The molecule has 3 aliphatic heterocycles. The number of fused-ring (bicyclic) bond motifs is 1. The maximum Gasteiger partial charge on any atom is 0.197 e. The number of likely N-dealkylation sites (tertiary alicyclic amines) is 1. The lowest BCUT2D eigenvalue weighted by Gasteiger charge is -2.34. The molecular formula is C25H28ClFN3O3-. The van der Waals surface area contributed by atoms with E-state index in [9.17, 15) is 9.50 Å². The summed E-state index contributed by atoms with van der Waals surface area (Å²) in [5.41, 5.74) is 1.84. The van der Waals surface area contributed by atoms with Crippen LogP contribution < -0.4 is 19.5 Å². The Hall–Kier alpha value is -2.51. The van der Waals surface area contributed by atoms with Gasteiger partial charge in [-0.2, -0.15) is 0 Å². The van der Waals surface area contributed by atoms with Gasteiger partial charge in [0.1, 0.15) is 13.2 Å². The molecule has 0 radical (unpaired) electrons. The van der Waals surface area contributed by atoms with Crippen LogP contribution in [-0.2, 0) is 6.42 Å². The quantitative estimate of drug-likeness (QED) is 0.457. The number of benzene rings is 2. The van der Waals surface area contributed by atoms with E-state index >= 15 is 0 Å². The Kier molecular flexibility index (Phi) is 6.60. The van der Waals surface area contributed by atoms with Crippen LogP contribution in [0, 0.1) is 11.7 Å². The molecule has 0 spiro atoms. The molecule has 3 aliphatic rings. The van der Waals surface area contributed by atoms with Crippen LogP contribution in [0.15, 0.2) is 41.4 Å². The van der Waals surface area contributed by atoms with E-state index in [1.54, 1.807) is 0 Å². The summed E-state index contributed by atoms with van der Waals surface area (Å²) in [6.45, 7) is 4.96. The lowest BCUT2D eigenvalue weighted by molar-refractivity contribution is -0.223. The molecule has 3 heterocycles. The van der Waals surface area contributed by atoms with Gasteiger partial charge in [0.05, 0.1) is 6.04 Å². The van der Waals surface area contributed by atoms with Crippen molar-refractivity contribution in [2.75, 3.05) is 50.8 Å². The minimum Gasteiger partial charge on any atom is -0.862 e. The number of aliphatic imine (C=N–C) groups is 1. The number of hydrogen-bond donors (Lipinski definition) is 0. The Morgan fingerprint density at radius 1 is 1.15 bits per heavy atom.